The van der Waals surface area contributed by atoms with Gasteiger partial charge in [-0.1, -0.05) is 12.1 Å². The van der Waals surface area contributed by atoms with Gasteiger partial charge in [0.15, 0.2) is 0 Å². The summed E-state index contributed by atoms with van der Waals surface area (Å²) in [7, 11) is 0. The average molecular weight is 322 g/mol. The van der Waals surface area contributed by atoms with Crippen LogP contribution in [0.2, 0.25) is 0 Å². The van der Waals surface area contributed by atoms with Crippen LogP contribution in [0.1, 0.15) is 21.6 Å². The van der Waals surface area contributed by atoms with Crippen molar-refractivity contribution >= 4 is 29.5 Å². The highest BCUT2D eigenvalue weighted by Gasteiger charge is 2.16. The Morgan fingerprint density at radius 2 is 2.00 bits per heavy atom. The predicted octanol–water partition coefficient (Wildman–Crippen LogP) is 2.79. The molecule has 0 unspecified atom stereocenters. The number of hydrogen-bond donors (Lipinski definition) is 2. The largest absolute Gasteiger partial charge is 0.478 e. The molecule has 0 spiro atoms. The van der Waals surface area contributed by atoms with Gasteiger partial charge in [0.25, 0.3) is 0 Å². The first-order valence-electron chi connectivity index (χ1n) is 6.11. The minimum absolute atomic E-state index is 0.0559. The molecule has 0 bridgehead atoms. The standard InChI is InChI=1S/C14H14N2O3S2/c1-8-11(13(17)18)12(16-14(19)15-8)21-7-9-3-5-10(20-2)6-4-9/h3-6H,7H2,1-2H3,(H,17,18)(H,15,16,19). The summed E-state index contributed by atoms with van der Waals surface area (Å²) < 4.78 is 0. The molecule has 110 valence electrons. The van der Waals surface area contributed by atoms with Gasteiger partial charge in [-0.05, 0) is 30.9 Å². The normalized spacial score (nSPS) is 10.6. The first-order chi connectivity index (χ1) is 10.0. The summed E-state index contributed by atoms with van der Waals surface area (Å²) in [5, 5.41) is 9.47. The minimum atomic E-state index is -1.09. The predicted molar refractivity (Wildman–Crippen MR) is 84.3 cm³/mol. The van der Waals surface area contributed by atoms with Crippen molar-refractivity contribution in [2.75, 3.05) is 6.26 Å². The van der Waals surface area contributed by atoms with Crippen molar-refractivity contribution in [1.29, 1.82) is 0 Å². The molecule has 1 aromatic carbocycles. The summed E-state index contributed by atoms with van der Waals surface area (Å²) in [5.41, 5.74) is 0.898. The second kappa shape index (κ2) is 6.82. The van der Waals surface area contributed by atoms with E-state index in [1.54, 1.807) is 18.7 Å². The molecule has 0 saturated heterocycles. The molecule has 0 aliphatic carbocycles. The number of aryl methyl sites for hydroxylation is 1. The number of carboxylic acid groups (broad SMARTS) is 1. The molecular weight excluding hydrogens is 308 g/mol. The Morgan fingerprint density at radius 3 is 2.57 bits per heavy atom. The van der Waals surface area contributed by atoms with Gasteiger partial charge < -0.3 is 10.1 Å². The molecule has 21 heavy (non-hydrogen) atoms. The fourth-order valence-electron chi connectivity index (χ4n) is 1.79. The van der Waals surface area contributed by atoms with Crippen LogP contribution >= 0.6 is 23.5 Å². The lowest BCUT2D eigenvalue weighted by Gasteiger charge is -2.07. The van der Waals surface area contributed by atoms with E-state index in [0.29, 0.717) is 11.4 Å². The van der Waals surface area contributed by atoms with Crippen LogP contribution in [0.15, 0.2) is 39.0 Å². The van der Waals surface area contributed by atoms with Crippen molar-refractivity contribution in [3.05, 3.63) is 51.6 Å². The molecule has 0 saturated carbocycles. The molecule has 2 aromatic rings. The van der Waals surface area contributed by atoms with E-state index in [0.717, 1.165) is 5.56 Å². The van der Waals surface area contributed by atoms with Crippen molar-refractivity contribution in [1.82, 2.24) is 9.97 Å². The third-order valence-corrected chi connectivity index (χ3v) is 4.62. The highest BCUT2D eigenvalue weighted by molar-refractivity contribution is 7.98. The summed E-state index contributed by atoms with van der Waals surface area (Å²) in [6.07, 6.45) is 2.01. The molecule has 0 amide bonds. The van der Waals surface area contributed by atoms with E-state index in [9.17, 15) is 14.7 Å². The van der Waals surface area contributed by atoms with Gasteiger partial charge in [-0.2, -0.15) is 4.98 Å². The molecule has 0 atom stereocenters. The number of carbonyl (C=O) groups is 1. The van der Waals surface area contributed by atoms with E-state index in [1.165, 1.54) is 16.7 Å². The molecule has 5 nitrogen and oxygen atoms in total. The van der Waals surface area contributed by atoms with Gasteiger partial charge >= 0.3 is 11.7 Å². The van der Waals surface area contributed by atoms with Crippen molar-refractivity contribution in [3.8, 4) is 0 Å². The first kappa shape index (κ1) is 15.7. The first-order valence-corrected chi connectivity index (χ1v) is 8.32. The molecule has 2 rings (SSSR count). The third-order valence-electron chi connectivity index (χ3n) is 2.83. The van der Waals surface area contributed by atoms with E-state index in [-0.39, 0.29) is 10.6 Å². The lowest BCUT2D eigenvalue weighted by Crippen LogP contribution is -2.18. The van der Waals surface area contributed by atoms with Crippen LogP contribution in [-0.4, -0.2) is 27.3 Å². The van der Waals surface area contributed by atoms with Crippen molar-refractivity contribution in [2.24, 2.45) is 0 Å². The van der Waals surface area contributed by atoms with Crippen molar-refractivity contribution < 1.29 is 9.90 Å². The van der Waals surface area contributed by atoms with Crippen molar-refractivity contribution in [2.45, 2.75) is 22.6 Å². The van der Waals surface area contributed by atoms with Crippen molar-refractivity contribution in [3.63, 3.8) is 0 Å². The summed E-state index contributed by atoms with van der Waals surface area (Å²) in [5.74, 6) is -0.526. The minimum Gasteiger partial charge on any atom is -0.478 e. The third kappa shape index (κ3) is 3.89. The average Bonchev–Trinajstić information content (AvgIpc) is 2.44. The fourth-order valence-corrected chi connectivity index (χ4v) is 3.23. The smallest absolute Gasteiger partial charge is 0.346 e. The molecule has 2 N–H and O–H groups in total. The van der Waals surface area contributed by atoms with E-state index in [4.69, 9.17) is 0 Å². The molecule has 7 heteroatoms. The maximum Gasteiger partial charge on any atom is 0.346 e. The van der Waals surface area contributed by atoms with Crippen LogP contribution in [0, 0.1) is 6.92 Å². The second-order valence-electron chi connectivity index (χ2n) is 4.29. The van der Waals surface area contributed by atoms with Gasteiger partial charge in [0.2, 0.25) is 0 Å². The highest BCUT2D eigenvalue weighted by atomic mass is 32.2. The zero-order chi connectivity index (χ0) is 15.4. The molecule has 1 aromatic heterocycles. The quantitative estimate of drug-likeness (QED) is 0.650. The molecule has 1 heterocycles. The number of aromatic amines is 1. The molecular formula is C14H14N2O3S2. The Kier molecular flexibility index (Phi) is 5.08. The van der Waals surface area contributed by atoms with E-state index < -0.39 is 11.7 Å². The van der Waals surface area contributed by atoms with E-state index >= 15 is 0 Å². The van der Waals surface area contributed by atoms with Crippen LogP contribution in [-0.2, 0) is 5.75 Å². The maximum absolute atomic E-state index is 11.4. The zero-order valence-corrected chi connectivity index (χ0v) is 13.2. The Hall–Kier alpha value is -1.73. The molecule has 0 radical (unpaired) electrons. The van der Waals surface area contributed by atoms with Crippen LogP contribution in [0.4, 0.5) is 0 Å². The Bertz CT molecular complexity index is 711. The molecule has 0 aliphatic heterocycles. The number of benzene rings is 1. The number of aromatic carboxylic acids is 1. The fraction of sp³-hybridized carbons (Fsp3) is 0.214. The Balaban J connectivity index is 2.22. The topological polar surface area (TPSA) is 83.0 Å². The lowest BCUT2D eigenvalue weighted by atomic mass is 10.2. The van der Waals surface area contributed by atoms with E-state index in [2.05, 4.69) is 9.97 Å². The number of thioether (sulfide) groups is 2. The number of nitrogens with one attached hydrogen (secondary N) is 1. The van der Waals surface area contributed by atoms with Crippen LogP contribution in [0.3, 0.4) is 0 Å². The van der Waals surface area contributed by atoms with Crippen LogP contribution in [0.5, 0.6) is 0 Å². The second-order valence-corrected chi connectivity index (χ2v) is 6.13. The molecule has 0 fully saturated rings. The van der Waals surface area contributed by atoms with Crippen LogP contribution < -0.4 is 5.69 Å². The SMILES string of the molecule is CSc1ccc(CSc2nc(=O)[nH]c(C)c2C(=O)O)cc1. The number of H-pyrrole nitrogens is 1. The van der Waals surface area contributed by atoms with Gasteiger partial charge in [-0.25, -0.2) is 9.59 Å². The summed E-state index contributed by atoms with van der Waals surface area (Å²) in [6, 6.07) is 7.99. The van der Waals surface area contributed by atoms with Gasteiger partial charge in [-0.15, -0.1) is 23.5 Å². The van der Waals surface area contributed by atoms with Crippen LogP contribution in [0.25, 0.3) is 0 Å². The Morgan fingerprint density at radius 1 is 1.33 bits per heavy atom. The highest BCUT2D eigenvalue weighted by Crippen LogP contribution is 2.25. The zero-order valence-electron chi connectivity index (χ0n) is 11.5. The van der Waals surface area contributed by atoms with Gasteiger partial charge in [0.1, 0.15) is 10.6 Å². The van der Waals surface area contributed by atoms with Gasteiger partial charge in [-0.3, -0.25) is 0 Å². The summed E-state index contributed by atoms with van der Waals surface area (Å²) in [4.78, 5) is 30.0. The maximum atomic E-state index is 11.4. The summed E-state index contributed by atoms with van der Waals surface area (Å²) in [6.45, 7) is 1.56. The van der Waals surface area contributed by atoms with Gasteiger partial charge in [0.05, 0.1) is 0 Å². The number of nitrogens with zero attached hydrogens (tertiary/aromatic N) is 1. The summed E-state index contributed by atoms with van der Waals surface area (Å²) >= 11 is 2.91. The van der Waals surface area contributed by atoms with E-state index in [1.807, 2.05) is 30.5 Å². The lowest BCUT2D eigenvalue weighted by molar-refractivity contribution is 0.0690. The monoisotopic (exact) mass is 322 g/mol. The molecule has 0 aliphatic rings. The van der Waals surface area contributed by atoms with Gasteiger partial charge in [0, 0.05) is 16.3 Å². The number of hydrogen-bond acceptors (Lipinski definition) is 5. The number of aromatic nitrogens is 2. The Labute approximate surface area is 130 Å². The number of carboxylic acids is 1. The number of rotatable bonds is 5.